The van der Waals surface area contributed by atoms with Crippen LogP contribution in [0.15, 0.2) is 36.7 Å². The quantitative estimate of drug-likeness (QED) is 0.496. The highest BCUT2D eigenvalue weighted by Gasteiger charge is 2.30. The molecular formula is C25H32N4O4S. The van der Waals surface area contributed by atoms with Gasteiger partial charge in [-0.3, -0.25) is 13.8 Å². The minimum Gasteiger partial charge on any atom is -0.481 e. The summed E-state index contributed by atoms with van der Waals surface area (Å²) in [6, 6.07) is 9.37. The van der Waals surface area contributed by atoms with Crippen molar-refractivity contribution in [3.63, 3.8) is 0 Å². The third-order valence-electron chi connectivity index (χ3n) is 6.43. The van der Waals surface area contributed by atoms with E-state index < -0.39 is 16.8 Å². The fraction of sp³-hybridized carbons (Fsp3) is 0.520. The highest BCUT2D eigenvalue weighted by molar-refractivity contribution is 7.84. The number of anilines is 2. The average Bonchev–Trinajstić information content (AvgIpc) is 3.67. The zero-order valence-corrected chi connectivity index (χ0v) is 20.1. The molecule has 2 N–H and O–H groups in total. The summed E-state index contributed by atoms with van der Waals surface area (Å²) < 4.78 is 12.0. The molecule has 1 unspecified atom stereocenters. The van der Waals surface area contributed by atoms with Crippen LogP contribution in [-0.4, -0.2) is 49.5 Å². The zero-order valence-electron chi connectivity index (χ0n) is 19.3. The minimum atomic E-state index is -1.24. The average molecular weight is 485 g/mol. The van der Waals surface area contributed by atoms with Crippen LogP contribution in [-0.2, 0) is 21.3 Å². The normalized spacial score (nSPS) is 17.2. The Hall–Kier alpha value is -2.81. The van der Waals surface area contributed by atoms with Crippen LogP contribution in [0.25, 0.3) is 0 Å². The van der Waals surface area contributed by atoms with Gasteiger partial charge in [-0.05, 0) is 49.3 Å². The lowest BCUT2D eigenvalue weighted by Crippen LogP contribution is -2.39. The van der Waals surface area contributed by atoms with Gasteiger partial charge < -0.3 is 15.3 Å². The van der Waals surface area contributed by atoms with Crippen LogP contribution in [0.1, 0.15) is 67.4 Å². The van der Waals surface area contributed by atoms with Gasteiger partial charge in [-0.25, -0.2) is 9.97 Å². The first kappa shape index (κ1) is 24.3. The molecule has 0 aliphatic heterocycles. The van der Waals surface area contributed by atoms with E-state index in [4.69, 9.17) is 5.11 Å². The Bertz CT molecular complexity index is 1020. The molecule has 2 aromatic rings. The van der Waals surface area contributed by atoms with Crippen LogP contribution in [0.5, 0.6) is 0 Å². The van der Waals surface area contributed by atoms with Crippen molar-refractivity contribution < 1.29 is 18.9 Å². The number of amides is 1. The molecule has 2 aliphatic rings. The van der Waals surface area contributed by atoms with Crippen LogP contribution in [0.3, 0.4) is 0 Å². The first-order valence-corrected chi connectivity index (χ1v) is 13.5. The van der Waals surface area contributed by atoms with Crippen LogP contribution in [0, 0.1) is 5.92 Å². The summed E-state index contributed by atoms with van der Waals surface area (Å²) in [7, 11) is -1.24. The summed E-state index contributed by atoms with van der Waals surface area (Å²) in [6.45, 7) is 0.998. The number of carbonyl (C=O) groups excluding carboxylic acids is 1. The molecule has 1 aromatic heterocycles. The number of benzene rings is 1. The van der Waals surface area contributed by atoms with Gasteiger partial charge in [0.15, 0.2) is 0 Å². The number of carboxylic acids is 1. The van der Waals surface area contributed by atoms with Gasteiger partial charge in [0.05, 0.1) is 6.42 Å². The fourth-order valence-electron chi connectivity index (χ4n) is 4.37. The predicted molar refractivity (Wildman–Crippen MR) is 132 cm³/mol. The minimum absolute atomic E-state index is 0.111. The van der Waals surface area contributed by atoms with Gasteiger partial charge in [0.2, 0.25) is 0 Å². The summed E-state index contributed by atoms with van der Waals surface area (Å²) in [5.74, 6) is 0.728. The maximum atomic E-state index is 12.9. The van der Waals surface area contributed by atoms with Gasteiger partial charge in [0, 0.05) is 46.6 Å². The van der Waals surface area contributed by atoms with E-state index in [9.17, 15) is 13.8 Å². The van der Waals surface area contributed by atoms with E-state index in [1.165, 1.54) is 51.3 Å². The second-order valence-corrected chi connectivity index (χ2v) is 10.8. The van der Waals surface area contributed by atoms with Crippen molar-refractivity contribution in [3.8, 4) is 0 Å². The number of rotatable bonds is 11. The number of nitrogens with one attached hydrogen (secondary N) is 1. The lowest BCUT2D eigenvalue weighted by molar-refractivity contribution is -0.136. The summed E-state index contributed by atoms with van der Waals surface area (Å²) >= 11 is 0. The molecule has 0 radical (unpaired) electrons. The second-order valence-electron chi connectivity index (χ2n) is 9.23. The Labute approximate surface area is 202 Å². The Kier molecular flexibility index (Phi) is 8.26. The van der Waals surface area contributed by atoms with Crippen molar-refractivity contribution in [1.82, 2.24) is 9.97 Å². The number of hydrogen-bond donors (Lipinski definition) is 2. The molecule has 8 nitrogen and oxygen atoms in total. The van der Waals surface area contributed by atoms with Crippen LogP contribution < -0.4 is 10.2 Å². The molecule has 182 valence electrons. The van der Waals surface area contributed by atoms with Gasteiger partial charge in [-0.2, -0.15) is 0 Å². The van der Waals surface area contributed by atoms with E-state index in [1.807, 2.05) is 0 Å². The van der Waals surface area contributed by atoms with Gasteiger partial charge >= 0.3 is 5.97 Å². The second kappa shape index (κ2) is 11.6. The molecule has 1 amide bonds. The first-order valence-electron chi connectivity index (χ1n) is 12.0. The fourth-order valence-corrected chi connectivity index (χ4v) is 5.48. The first-order chi connectivity index (χ1) is 16.5. The Morgan fingerprint density at radius 2 is 1.79 bits per heavy atom. The molecular weight excluding hydrogens is 452 g/mol. The molecule has 4 rings (SSSR count). The molecule has 9 heteroatoms. The molecule has 0 spiro atoms. The molecule has 1 atom stereocenters. The third kappa shape index (κ3) is 7.09. The molecule has 2 aliphatic carbocycles. The van der Waals surface area contributed by atoms with Crippen molar-refractivity contribution in [3.05, 3.63) is 47.9 Å². The summed E-state index contributed by atoms with van der Waals surface area (Å²) in [4.78, 5) is 34.6. The van der Waals surface area contributed by atoms with Gasteiger partial charge in [-0.1, -0.05) is 31.4 Å². The smallest absolute Gasteiger partial charge is 0.304 e. The molecule has 1 heterocycles. The largest absolute Gasteiger partial charge is 0.481 e. The Morgan fingerprint density at radius 1 is 1.06 bits per heavy atom. The van der Waals surface area contributed by atoms with Crippen molar-refractivity contribution in [2.75, 3.05) is 22.5 Å². The Balaban J connectivity index is 1.38. The lowest BCUT2D eigenvalue weighted by Gasteiger charge is -2.35. The molecule has 2 saturated carbocycles. The molecule has 34 heavy (non-hydrogen) atoms. The molecule has 0 bridgehead atoms. The summed E-state index contributed by atoms with van der Waals surface area (Å²) in [5, 5.41) is 11.6. The van der Waals surface area contributed by atoms with Crippen molar-refractivity contribution in [2.45, 2.75) is 63.2 Å². The van der Waals surface area contributed by atoms with Crippen molar-refractivity contribution in [2.24, 2.45) is 5.92 Å². The molecule has 2 fully saturated rings. The zero-order chi connectivity index (χ0) is 23.9. The molecule has 0 saturated heterocycles. The number of carbonyl (C=O) groups is 2. The van der Waals surface area contributed by atoms with E-state index >= 15 is 0 Å². The number of nitrogens with zero attached hydrogens (tertiary/aromatic N) is 3. The highest BCUT2D eigenvalue weighted by Crippen LogP contribution is 2.34. The van der Waals surface area contributed by atoms with E-state index in [0.717, 1.165) is 23.8 Å². The number of aliphatic carboxylic acids is 1. The van der Waals surface area contributed by atoms with Crippen molar-refractivity contribution >= 4 is 34.2 Å². The van der Waals surface area contributed by atoms with E-state index in [-0.39, 0.29) is 23.8 Å². The monoisotopic (exact) mass is 484 g/mol. The topological polar surface area (TPSA) is 112 Å². The number of aromatic nitrogens is 2. The number of carboxylic acid groups (broad SMARTS) is 1. The summed E-state index contributed by atoms with van der Waals surface area (Å²) in [5.41, 5.74) is 1.78. The highest BCUT2D eigenvalue weighted by atomic mass is 32.2. The Morgan fingerprint density at radius 3 is 2.47 bits per heavy atom. The van der Waals surface area contributed by atoms with E-state index in [0.29, 0.717) is 17.4 Å². The van der Waals surface area contributed by atoms with Crippen LogP contribution >= 0.6 is 0 Å². The van der Waals surface area contributed by atoms with E-state index in [2.05, 4.69) is 20.2 Å². The predicted octanol–water partition coefficient (Wildman–Crippen LogP) is 4.00. The summed E-state index contributed by atoms with van der Waals surface area (Å²) in [6.07, 6.45) is 10.0. The SMILES string of the molecule is O=C(O)CCS(=O)Cc1ccc(NC(=O)c2cc(N(CC3CC3)C3CCCCC3)ncn2)cc1. The van der Waals surface area contributed by atoms with Crippen LogP contribution in [0.4, 0.5) is 11.5 Å². The van der Waals surface area contributed by atoms with Gasteiger partial charge in [-0.15, -0.1) is 0 Å². The maximum Gasteiger partial charge on any atom is 0.304 e. The van der Waals surface area contributed by atoms with E-state index in [1.54, 1.807) is 30.3 Å². The standard InChI is InChI=1S/C25H32N4O4S/c30-24(31)12-13-34(33)16-19-8-10-20(11-9-19)28-25(32)22-14-23(27-17-26-22)29(15-18-6-7-18)21-4-2-1-3-5-21/h8-11,14,17-18,21H,1-7,12-13,15-16H2,(H,28,32)(H,30,31). The maximum absolute atomic E-state index is 12.9. The molecule has 1 aromatic carbocycles. The van der Waals surface area contributed by atoms with Crippen molar-refractivity contribution in [1.29, 1.82) is 0 Å². The van der Waals surface area contributed by atoms with Crippen LogP contribution in [0.2, 0.25) is 0 Å². The number of hydrogen-bond acceptors (Lipinski definition) is 6. The van der Waals surface area contributed by atoms with Gasteiger partial charge in [0.25, 0.3) is 5.91 Å². The lowest BCUT2D eigenvalue weighted by atomic mass is 9.94. The third-order valence-corrected chi connectivity index (χ3v) is 7.74. The van der Waals surface area contributed by atoms with Gasteiger partial charge in [0.1, 0.15) is 17.8 Å².